The third kappa shape index (κ3) is 6.14. The molecule has 0 aliphatic rings. The van der Waals surface area contributed by atoms with Crippen molar-refractivity contribution in [1.29, 1.82) is 0 Å². The van der Waals surface area contributed by atoms with Crippen molar-refractivity contribution in [1.82, 2.24) is 10.3 Å². The lowest BCUT2D eigenvalue weighted by Crippen LogP contribution is -2.35. The van der Waals surface area contributed by atoms with Crippen LogP contribution in [-0.4, -0.2) is 25.2 Å². The summed E-state index contributed by atoms with van der Waals surface area (Å²) in [5.41, 5.74) is -2.53. The summed E-state index contributed by atoms with van der Waals surface area (Å²) >= 11 is 0. The fraction of sp³-hybridized carbons (Fsp3) is 0.217. The van der Waals surface area contributed by atoms with Crippen molar-refractivity contribution in [2.45, 2.75) is 18.4 Å². The van der Waals surface area contributed by atoms with Crippen molar-refractivity contribution in [2.24, 2.45) is 0 Å². The van der Waals surface area contributed by atoms with Gasteiger partial charge in [-0.25, -0.2) is 4.79 Å². The number of carbonyl (C=O) groups excluding carboxylic acids is 1. The number of amides is 2. The van der Waals surface area contributed by atoms with E-state index in [-0.39, 0.29) is 17.0 Å². The lowest BCUT2D eigenvalue weighted by molar-refractivity contribution is -0.139. The smallest absolute Gasteiger partial charge is 0.418 e. The van der Waals surface area contributed by atoms with Gasteiger partial charge in [-0.05, 0) is 42.0 Å². The van der Waals surface area contributed by atoms with E-state index in [9.17, 15) is 31.1 Å². The Morgan fingerprint density at radius 2 is 1.54 bits per heavy atom. The predicted molar refractivity (Wildman–Crippen MR) is 114 cm³/mol. The number of pyridine rings is 1. The molecule has 1 aromatic heterocycles. The van der Waals surface area contributed by atoms with Gasteiger partial charge in [-0.1, -0.05) is 12.1 Å². The number of alkyl halides is 6. The Morgan fingerprint density at radius 3 is 2.11 bits per heavy atom. The Morgan fingerprint density at radius 1 is 0.886 bits per heavy atom. The predicted octanol–water partition coefficient (Wildman–Crippen LogP) is 6.05. The highest BCUT2D eigenvalue weighted by Crippen LogP contribution is 2.37. The third-order valence-electron chi connectivity index (χ3n) is 4.91. The number of carbonyl (C=O) groups is 1. The van der Waals surface area contributed by atoms with E-state index in [0.29, 0.717) is 17.9 Å². The minimum atomic E-state index is -4.82. The minimum Gasteiger partial charge on any atom is -0.493 e. The van der Waals surface area contributed by atoms with E-state index >= 15 is 0 Å². The first-order valence-electron chi connectivity index (χ1n) is 9.93. The molecular weight excluding hydrogens is 480 g/mol. The maximum atomic E-state index is 13.6. The van der Waals surface area contributed by atoms with Crippen molar-refractivity contribution < 1.29 is 40.6 Å². The molecule has 0 aliphatic carbocycles. The summed E-state index contributed by atoms with van der Waals surface area (Å²) < 4.78 is 90.1. The molecule has 0 spiro atoms. The number of halogens is 6. The van der Waals surface area contributed by atoms with E-state index < -0.39 is 41.2 Å². The van der Waals surface area contributed by atoms with Crippen molar-refractivity contribution in [3.8, 4) is 11.5 Å². The van der Waals surface area contributed by atoms with E-state index in [1.165, 1.54) is 32.4 Å². The second-order valence-corrected chi connectivity index (χ2v) is 7.15. The lowest BCUT2D eigenvalue weighted by Gasteiger charge is -2.23. The number of aromatic nitrogens is 1. The molecule has 12 heteroatoms. The number of ether oxygens (including phenoxy) is 2. The Balaban J connectivity index is 1.98. The first kappa shape index (κ1) is 25.7. The minimum absolute atomic E-state index is 0.0374. The molecule has 0 aliphatic heterocycles. The average Bonchev–Trinajstić information content (AvgIpc) is 2.81. The van der Waals surface area contributed by atoms with Crippen LogP contribution in [0.1, 0.15) is 28.4 Å². The zero-order valence-electron chi connectivity index (χ0n) is 18.3. The van der Waals surface area contributed by atoms with Crippen molar-refractivity contribution in [3.63, 3.8) is 0 Å². The van der Waals surface area contributed by atoms with Crippen LogP contribution in [0.5, 0.6) is 11.5 Å². The molecule has 1 heterocycles. The van der Waals surface area contributed by atoms with Crippen molar-refractivity contribution >= 4 is 11.7 Å². The van der Waals surface area contributed by atoms with Crippen LogP contribution in [0.3, 0.4) is 0 Å². The summed E-state index contributed by atoms with van der Waals surface area (Å²) in [7, 11) is 2.79. The molecule has 1 unspecified atom stereocenters. The fourth-order valence-electron chi connectivity index (χ4n) is 3.27. The SMILES string of the molecule is COc1ccc(NC(=O)NC(c2ccc(C(F)(F)F)cc2)c2ncccc2C(F)(F)F)cc1OC. The Hall–Kier alpha value is -3.96. The Bertz CT molecular complexity index is 1180. The van der Waals surface area contributed by atoms with E-state index in [0.717, 1.165) is 30.5 Å². The number of hydrogen-bond acceptors (Lipinski definition) is 4. The Kier molecular flexibility index (Phi) is 7.42. The summed E-state index contributed by atoms with van der Waals surface area (Å²) in [6.45, 7) is 0. The van der Waals surface area contributed by atoms with Gasteiger partial charge in [-0.2, -0.15) is 26.3 Å². The van der Waals surface area contributed by atoms with Crippen LogP contribution < -0.4 is 20.1 Å². The molecule has 35 heavy (non-hydrogen) atoms. The molecule has 2 amide bonds. The first-order valence-corrected chi connectivity index (χ1v) is 9.93. The van der Waals surface area contributed by atoms with Crippen LogP contribution >= 0.6 is 0 Å². The van der Waals surface area contributed by atoms with Crippen LogP contribution in [0.2, 0.25) is 0 Å². The van der Waals surface area contributed by atoms with Gasteiger partial charge in [0.25, 0.3) is 0 Å². The summed E-state index contributed by atoms with van der Waals surface area (Å²) in [6, 6.07) is 7.19. The second kappa shape index (κ2) is 10.1. The van der Waals surface area contributed by atoms with Crippen LogP contribution in [-0.2, 0) is 12.4 Å². The van der Waals surface area contributed by atoms with Gasteiger partial charge in [0.05, 0.1) is 37.1 Å². The van der Waals surface area contributed by atoms with Gasteiger partial charge in [0.1, 0.15) is 0 Å². The highest BCUT2D eigenvalue weighted by atomic mass is 19.4. The summed E-state index contributed by atoms with van der Waals surface area (Å²) in [5.74, 6) is 0.665. The normalized spacial score (nSPS) is 12.6. The zero-order chi connectivity index (χ0) is 25.8. The van der Waals surface area contributed by atoms with Crippen molar-refractivity contribution in [2.75, 3.05) is 19.5 Å². The van der Waals surface area contributed by atoms with Gasteiger partial charge in [0, 0.05) is 18.0 Å². The number of nitrogens with one attached hydrogen (secondary N) is 2. The topological polar surface area (TPSA) is 72.5 Å². The fourth-order valence-corrected chi connectivity index (χ4v) is 3.27. The van der Waals surface area contributed by atoms with Crippen LogP contribution in [0.4, 0.5) is 36.8 Å². The van der Waals surface area contributed by atoms with Gasteiger partial charge < -0.3 is 20.1 Å². The molecule has 2 N–H and O–H groups in total. The number of nitrogens with zero attached hydrogens (tertiary/aromatic N) is 1. The monoisotopic (exact) mass is 499 g/mol. The number of hydrogen-bond donors (Lipinski definition) is 2. The zero-order valence-corrected chi connectivity index (χ0v) is 18.3. The number of benzene rings is 2. The van der Waals surface area contributed by atoms with Gasteiger partial charge in [-0.3, -0.25) is 4.98 Å². The van der Waals surface area contributed by atoms with Crippen molar-refractivity contribution in [3.05, 3.63) is 83.2 Å². The molecular formula is C23H19F6N3O3. The summed E-state index contributed by atoms with van der Waals surface area (Å²) in [4.78, 5) is 16.5. The average molecular weight is 499 g/mol. The summed E-state index contributed by atoms with van der Waals surface area (Å²) in [6.07, 6.45) is -8.38. The molecule has 3 rings (SSSR count). The largest absolute Gasteiger partial charge is 0.493 e. The molecule has 1 atom stereocenters. The van der Waals surface area contributed by atoms with E-state index in [4.69, 9.17) is 9.47 Å². The molecule has 0 radical (unpaired) electrons. The van der Waals surface area contributed by atoms with Gasteiger partial charge >= 0.3 is 18.4 Å². The highest BCUT2D eigenvalue weighted by Gasteiger charge is 2.37. The molecule has 0 bridgehead atoms. The molecule has 2 aromatic carbocycles. The quantitative estimate of drug-likeness (QED) is 0.405. The molecule has 0 saturated carbocycles. The maximum absolute atomic E-state index is 13.6. The molecule has 186 valence electrons. The molecule has 0 saturated heterocycles. The van der Waals surface area contributed by atoms with Gasteiger partial charge in [-0.15, -0.1) is 0 Å². The van der Waals surface area contributed by atoms with Crippen LogP contribution in [0.25, 0.3) is 0 Å². The number of anilines is 1. The van der Waals surface area contributed by atoms with E-state index in [1.807, 2.05) is 0 Å². The number of methoxy groups -OCH3 is 2. The van der Waals surface area contributed by atoms with E-state index in [2.05, 4.69) is 15.6 Å². The van der Waals surface area contributed by atoms with Crippen LogP contribution in [0.15, 0.2) is 60.8 Å². The Labute approximate surface area is 195 Å². The highest BCUT2D eigenvalue weighted by molar-refractivity contribution is 5.90. The van der Waals surface area contributed by atoms with Crippen LogP contribution in [0, 0.1) is 0 Å². The molecule has 6 nitrogen and oxygen atoms in total. The van der Waals surface area contributed by atoms with Gasteiger partial charge in [0.2, 0.25) is 0 Å². The third-order valence-corrected chi connectivity index (χ3v) is 4.91. The number of rotatable bonds is 6. The lowest BCUT2D eigenvalue weighted by atomic mass is 9.98. The van der Waals surface area contributed by atoms with E-state index in [1.54, 1.807) is 0 Å². The maximum Gasteiger partial charge on any atom is 0.418 e. The number of urea groups is 1. The molecule has 0 fully saturated rings. The standard InChI is InChI=1S/C23H19F6N3O3/c1-34-17-10-9-15(12-18(17)35-2)31-21(33)32-19(13-5-7-14(8-6-13)22(24,25)26)20-16(23(27,28)29)4-3-11-30-20/h3-12,19H,1-2H3,(H2,31,32,33). The van der Waals surface area contributed by atoms with Gasteiger partial charge in [0.15, 0.2) is 11.5 Å². The first-order chi connectivity index (χ1) is 16.4. The molecule has 3 aromatic rings. The second-order valence-electron chi connectivity index (χ2n) is 7.15. The summed E-state index contributed by atoms with van der Waals surface area (Å²) in [5, 5.41) is 4.83.